The van der Waals surface area contributed by atoms with Crippen LogP contribution in [0, 0.1) is 6.92 Å². The summed E-state index contributed by atoms with van der Waals surface area (Å²) in [7, 11) is 1.88. The van der Waals surface area contributed by atoms with Crippen molar-refractivity contribution in [1.29, 1.82) is 0 Å². The maximum atomic E-state index is 11.9. The number of amides is 1. The number of carbonyl (C=O) groups excluding carboxylic acids is 1. The zero-order valence-corrected chi connectivity index (χ0v) is 17.9. The molecule has 0 aliphatic carbocycles. The monoisotopic (exact) mass is 415 g/mol. The van der Waals surface area contributed by atoms with Gasteiger partial charge in [-0.1, -0.05) is 25.6 Å². The van der Waals surface area contributed by atoms with Gasteiger partial charge < -0.3 is 15.0 Å². The molecule has 1 amide bonds. The highest BCUT2D eigenvalue weighted by Crippen LogP contribution is 2.40. The first-order valence-electron chi connectivity index (χ1n) is 10.2. The van der Waals surface area contributed by atoms with Crippen LogP contribution in [0.1, 0.15) is 18.9 Å². The van der Waals surface area contributed by atoms with Gasteiger partial charge in [0.2, 0.25) is 5.91 Å². The van der Waals surface area contributed by atoms with E-state index in [1.54, 1.807) is 10.9 Å². The maximum absolute atomic E-state index is 11.9. The van der Waals surface area contributed by atoms with E-state index in [4.69, 9.17) is 4.74 Å². The van der Waals surface area contributed by atoms with E-state index in [-0.39, 0.29) is 5.91 Å². The quantitative estimate of drug-likeness (QED) is 0.423. The van der Waals surface area contributed by atoms with Crippen molar-refractivity contribution in [1.82, 2.24) is 19.7 Å². The van der Waals surface area contributed by atoms with E-state index >= 15 is 0 Å². The molecule has 31 heavy (non-hydrogen) atoms. The lowest BCUT2D eigenvalue weighted by molar-refractivity contribution is -0.111. The molecule has 4 aromatic rings. The maximum Gasteiger partial charge on any atom is 0.247 e. The molecular formula is C24H25N5O2. The van der Waals surface area contributed by atoms with Crippen molar-refractivity contribution in [3.05, 3.63) is 61.1 Å². The molecule has 0 saturated carbocycles. The minimum atomic E-state index is -0.247. The molecule has 7 heteroatoms. The molecule has 2 N–H and O–H groups in total. The summed E-state index contributed by atoms with van der Waals surface area (Å²) in [5.74, 6) is 0.475. The van der Waals surface area contributed by atoms with E-state index in [0.717, 1.165) is 56.8 Å². The number of aryl methyl sites for hydroxylation is 2. The summed E-state index contributed by atoms with van der Waals surface area (Å²) in [4.78, 5) is 19.9. The third-order valence-corrected chi connectivity index (χ3v) is 5.06. The number of benzene rings is 1. The van der Waals surface area contributed by atoms with E-state index in [1.165, 1.54) is 6.08 Å². The molecule has 4 rings (SSSR count). The lowest BCUT2D eigenvalue weighted by atomic mass is 9.98. The van der Waals surface area contributed by atoms with Gasteiger partial charge in [-0.15, -0.1) is 0 Å². The molecule has 0 fully saturated rings. The van der Waals surface area contributed by atoms with E-state index in [2.05, 4.69) is 33.9 Å². The van der Waals surface area contributed by atoms with Crippen LogP contribution in [0.5, 0.6) is 5.75 Å². The minimum absolute atomic E-state index is 0.247. The number of hydrogen-bond donors (Lipinski definition) is 2. The topological polar surface area (TPSA) is 84.8 Å². The number of H-pyrrole nitrogens is 1. The molecule has 0 unspecified atom stereocenters. The molecule has 3 aromatic heterocycles. The fourth-order valence-corrected chi connectivity index (χ4v) is 3.51. The Morgan fingerprint density at radius 3 is 2.84 bits per heavy atom. The first kappa shape index (κ1) is 20.4. The second kappa shape index (κ2) is 8.47. The molecule has 1 aromatic carbocycles. The first-order valence-corrected chi connectivity index (χ1v) is 10.2. The SMILES string of the molecule is C=CC(=O)Nc1cc(-c2c(-c3cnn(C)c3)[nH]c3ncc(OCCC)cc23)ccc1C. The number of ether oxygens (including phenoxy) is 1. The van der Waals surface area contributed by atoms with Crippen molar-refractivity contribution < 1.29 is 9.53 Å². The van der Waals surface area contributed by atoms with E-state index < -0.39 is 0 Å². The van der Waals surface area contributed by atoms with Crippen molar-refractivity contribution in [2.75, 3.05) is 11.9 Å². The smallest absolute Gasteiger partial charge is 0.247 e. The van der Waals surface area contributed by atoms with Crippen LogP contribution in [0.15, 0.2) is 55.5 Å². The normalized spacial score (nSPS) is 10.9. The summed E-state index contributed by atoms with van der Waals surface area (Å²) < 4.78 is 7.58. The number of anilines is 1. The lowest BCUT2D eigenvalue weighted by Crippen LogP contribution is -2.08. The minimum Gasteiger partial charge on any atom is -0.492 e. The van der Waals surface area contributed by atoms with Crippen LogP contribution in [0.2, 0.25) is 0 Å². The number of fused-ring (bicyclic) bond motifs is 1. The van der Waals surface area contributed by atoms with Crippen molar-refractivity contribution in [3.63, 3.8) is 0 Å². The van der Waals surface area contributed by atoms with E-state index in [0.29, 0.717) is 6.61 Å². The third kappa shape index (κ3) is 4.07. The standard InChI is InChI=1S/C24H25N5O2/c1-5-9-31-18-11-19-22(16-8-7-15(3)20(10-16)27-21(30)6-2)23(28-24(19)25-13-18)17-12-26-29(4)14-17/h6-8,10-14H,2,5,9H2,1,3-4H3,(H,25,28)(H,27,30). The highest BCUT2D eigenvalue weighted by Gasteiger charge is 2.19. The number of nitrogens with one attached hydrogen (secondary N) is 2. The van der Waals surface area contributed by atoms with Gasteiger partial charge in [0.15, 0.2) is 0 Å². The Labute approximate surface area is 180 Å². The molecule has 0 atom stereocenters. The van der Waals surface area contributed by atoms with Crippen molar-refractivity contribution >= 4 is 22.6 Å². The highest BCUT2D eigenvalue weighted by molar-refractivity contribution is 6.04. The van der Waals surface area contributed by atoms with Gasteiger partial charge in [-0.05, 0) is 42.7 Å². The Bertz CT molecular complexity index is 1270. The van der Waals surface area contributed by atoms with Crippen molar-refractivity contribution in [3.8, 4) is 28.1 Å². The molecule has 3 heterocycles. The van der Waals surface area contributed by atoms with Crippen molar-refractivity contribution in [2.24, 2.45) is 7.05 Å². The van der Waals surface area contributed by atoms with Gasteiger partial charge >= 0.3 is 0 Å². The second-order valence-corrected chi connectivity index (χ2v) is 7.42. The number of rotatable bonds is 7. The zero-order chi connectivity index (χ0) is 22.0. The largest absolute Gasteiger partial charge is 0.492 e. The van der Waals surface area contributed by atoms with Crippen LogP contribution in [0.25, 0.3) is 33.4 Å². The number of aromatic amines is 1. The molecule has 7 nitrogen and oxygen atoms in total. The molecule has 0 aliphatic rings. The predicted molar refractivity (Wildman–Crippen MR) is 123 cm³/mol. The lowest BCUT2D eigenvalue weighted by Gasteiger charge is -2.11. The third-order valence-electron chi connectivity index (χ3n) is 5.06. The Balaban J connectivity index is 1.92. The van der Waals surface area contributed by atoms with Crippen LogP contribution in [-0.2, 0) is 11.8 Å². The van der Waals surface area contributed by atoms with Gasteiger partial charge in [0, 0.05) is 35.4 Å². The number of pyridine rings is 1. The van der Waals surface area contributed by atoms with Gasteiger partial charge in [0.25, 0.3) is 0 Å². The molecule has 158 valence electrons. The number of aromatic nitrogens is 4. The molecule has 0 spiro atoms. The molecular weight excluding hydrogens is 390 g/mol. The van der Waals surface area contributed by atoms with Crippen LogP contribution in [0.4, 0.5) is 5.69 Å². The molecule has 0 radical (unpaired) electrons. The Hall–Kier alpha value is -3.87. The molecule has 0 aliphatic heterocycles. The fraction of sp³-hybridized carbons (Fsp3) is 0.208. The van der Waals surface area contributed by atoms with Gasteiger partial charge in [-0.3, -0.25) is 9.48 Å². The summed E-state index contributed by atoms with van der Waals surface area (Å²) in [5, 5.41) is 8.15. The van der Waals surface area contributed by atoms with Crippen LogP contribution in [0.3, 0.4) is 0 Å². The average molecular weight is 415 g/mol. The van der Waals surface area contributed by atoms with Crippen LogP contribution < -0.4 is 10.1 Å². The predicted octanol–water partition coefficient (Wildman–Crippen LogP) is 4.85. The number of hydrogen-bond acceptors (Lipinski definition) is 4. The van der Waals surface area contributed by atoms with Crippen LogP contribution >= 0.6 is 0 Å². The molecule has 0 saturated heterocycles. The Morgan fingerprint density at radius 2 is 2.13 bits per heavy atom. The van der Waals surface area contributed by atoms with E-state index in [9.17, 15) is 4.79 Å². The summed E-state index contributed by atoms with van der Waals surface area (Å²) in [6, 6.07) is 8.01. The Morgan fingerprint density at radius 1 is 1.29 bits per heavy atom. The average Bonchev–Trinajstić information content (AvgIpc) is 3.36. The van der Waals surface area contributed by atoms with Gasteiger partial charge in [-0.2, -0.15) is 5.10 Å². The summed E-state index contributed by atoms with van der Waals surface area (Å²) in [6.07, 6.45) is 7.69. The second-order valence-electron chi connectivity index (χ2n) is 7.42. The van der Waals surface area contributed by atoms with Crippen LogP contribution in [-0.4, -0.2) is 32.3 Å². The van der Waals surface area contributed by atoms with E-state index in [1.807, 2.05) is 50.6 Å². The van der Waals surface area contributed by atoms with Gasteiger partial charge in [0.05, 0.1) is 24.7 Å². The van der Waals surface area contributed by atoms with Gasteiger partial charge in [0.1, 0.15) is 11.4 Å². The fourth-order valence-electron chi connectivity index (χ4n) is 3.51. The summed E-state index contributed by atoms with van der Waals surface area (Å²) in [6.45, 7) is 8.20. The number of nitrogens with zero attached hydrogens (tertiary/aromatic N) is 3. The molecule has 0 bridgehead atoms. The summed E-state index contributed by atoms with van der Waals surface area (Å²) >= 11 is 0. The summed E-state index contributed by atoms with van der Waals surface area (Å²) in [5.41, 5.74) is 6.25. The van der Waals surface area contributed by atoms with Gasteiger partial charge in [-0.25, -0.2) is 4.98 Å². The first-order chi connectivity index (χ1) is 15.0. The number of carbonyl (C=O) groups is 1. The van der Waals surface area contributed by atoms with Crippen molar-refractivity contribution in [2.45, 2.75) is 20.3 Å². The highest BCUT2D eigenvalue weighted by atomic mass is 16.5. The Kier molecular flexibility index (Phi) is 5.58. The zero-order valence-electron chi connectivity index (χ0n) is 17.9.